The minimum Gasteiger partial charge on any atom is -0.472 e. The summed E-state index contributed by atoms with van der Waals surface area (Å²) in [6.07, 6.45) is 14.7. The molecule has 4 aliphatic rings. The Hall–Kier alpha value is -1.26. The van der Waals surface area contributed by atoms with Gasteiger partial charge in [0.25, 0.3) is 0 Å². The zero-order valence-electron chi connectivity index (χ0n) is 15.3. The Balaban J connectivity index is 1.58. The van der Waals surface area contributed by atoms with Gasteiger partial charge in [-0.2, -0.15) is 0 Å². The summed E-state index contributed by atoms with van der Waals surface area (Å²) in [5, 5.41) is 18.3. The molecule has 0 aromatic heterocycles. The van der Waals surface area contributed by atoms with E-state index >= 15 is 0 Å². The number of fused-ring (bicyclic) bond motifs is 5. The molecule has 25 heavy (non-hydrogen) atoms. The summed E-state index contributed by atoms with van der Waals surface area (Å²) in [5.41, 5.74) is 0.264. The summed E-state index contributed by atoms with van der Waals surface area (Å²) >= 11 is 0. The van der Waals surface area contributed by atoms with Crippen molar-refractivity contribution in [3.63, 3.8) is 0 Å². The molecule has 2 fully saturated rings. The fourth-order valence-corrected chi connectivity index (χ4v) is 6.44. The van der Waals surface area contributed by atoms with E-state index in [1.54, 1.807) is 0 Å². The van der Waals surface area contributed by atoms with Crippen LogP contribution in [0.2, 0.25) is 0 Å². The summed E-state index contributed by atoms with van der Waals surface area (Å²) in [6.45, 7) is 4.27. The maximum absolute atomic E-state index is 9.22. The van der Waals surface area contributed by atoms with Gasteiger partial charge in [-0.3, -0.25) is 0 Å². The molecule has 2 saturated carbocycles. The zero-order valence-corrected chi connectivity index (χ0v) is 15.3. The monoisotopic (exact) mass is 346 g/mol. The molecular weight excluding hydrogens is 316 g/mol. The number of allylic oxidation sites excluding steroid dienone is 5. The minimum absolute atomic E-state index is 0.0898. The van der Waals surface area contributed by atoms with Crippen LogP contribution in [0.25, 0.3) is 0 Å². The molecule has 0 heterocycles. The molecule has 0 unspecified atom stereocenters. The molecule has 4 aliphatic carbocycles. The third kappa shape index (κ3) is 2.48. The number of hydrogen-bond acceptors (Lipinski definition) is 4. The van der Waals surface area contributed by atoms with Gasteiger partial charge in [0.1, 0.15) is 11.5 Å². The van der Waals surface area contributed by atoms with Crippen LogP contribution in [-0.2, 0) is 9.47 Å². The quantitative estimate of drug-likeness (QED) is 0.762. The second-order valence-electron chi connectivity index (χ2n) is 8.64. The summed E-state index contributed by atoms with van der Waals surface area (Å²) in [5.74, 6) is 4.32. The van der Waals surface area contributed by atoms with Crippen molar-refractivity contribution < 1.29 is 19.7 Å². The maximum atomic E-state index is 9.22. The number of hydrogen-bond donors (Lipinski definition) is 2. The van der Waals surface area contributed by atoms with E-state index in [1.165, 1.54) is 19.3 Å². The standard InChI is InChI=1S/C21H30O4/c1-20-9-7-15(24-12-22)11-14(20)3-4-16-17-5-6-19(25-13-23)21(17,2)10-8-18(16)20/h6-7,9,11,14,16-18,22-23H,3-5,8,10,12-13H2,1-2H3/t14-,16+,17+,18+,20+,21+/m1/s1. The van der Waals surface area contributed by atoms with E-state index in [0.717, 1.165) is 24.4 Å². The van der Waals surface area contributed by atoms with Crippen molar-refractivity contribution in [2.45, 2.75) is 46.0 Å². The lowest BCUT2D eigenvalue weighted by molar-refractivity contribution is -0.0744. The van der Waals surface area contributed by atoms with Gasteiger partial charge in [0.2, 0.25) is 0 Å². The van der Waals surface area contributed by atoms with Crippen molar-refractivity contribution in [3.8, 4) is 0 Å². The van der Waals surface area contributed by atoms with Crippen LogP contribution in [0.3, 0.4) is 0 Å². The van der Waals surface area contributed by atoms with Gasteiger partial charge in [0.05, 0.1) is 0 Å². The number of aliphatic hydroxyl groups excluding tert-OH is 2. The first-order valence-corrected chi connectivity index (χ1v) is 9.62. The molecule has 2 N–H and O–H groups in total. The fourth-order valence-electron chi connectivity index (χ4n) is 6.44. The Morgan fingerprint density at radius 3 is 2.64 bits per heavy atom. The van der Waals surface area contributed by atoms with E-state index < -0.39 is 0 Å². The third-order valence-electron chi connectivity index (χ3n) is 7.78. The van der Waals surface area contributed by atoms with Gasteiger partial charge in [0, 0.05) is 5.41 Å². The molecule has 0 aromatic carbocycles. The molecule has 4 nitrogen and oxygen atoms in total. The second kappa shape index (κ2) is 6.17. The van der Waals surface area contributed by atoms with Crippen molar-refractivity contribution >= 4 is 0 Å². The fraction of sp³-hybridized carbons (Fsp3) is 0.714. The molecule has 0 spiro atoms. The molecule has 0 aromatic rings. The molecule has 6 atom stereocenters. The highest BCUT2D eigenvalue weighted by molar-refractivity contribution is 5.29. The lowest BCUT2D eigenvalue weighted by Crippen LogP contribution is -2.51. The average molecular weight is 346 g/mol. The zero-order chi connectivity index (χ0) is 17.7. The van der Waals surface area contributed by atoms with Crippen molar-refractivity contribution in [2.75, 3.05) is 13.6 Å². The van der Waals surface area contributed by atoms with Crippen LogP contribution in [0.1, 0.15) is 46.0 Å². The van der Waals surface area contributed by atoms with Crippen LogP contribution in [0.15, 0.2) is 35.8 Å². The lowest BCUT2D eigenvalue weighted by Gasteiger charge is -2.57. The molecule has 0 bridgehead atoms. The Morgan fingerprint density at radius 1 is 1.08 bits per heavy atom. The third-order valence-corrected chi connectivity index (χ3v) is 7.78. The van der Waals surface area contributed by atoms with Crippen molar-refractivity contribution in [1.29, 1.82) is 0 Å². The molecule has 138 valence electrons. The van der Waals surface area contributed by atoms with Gasteiger partial charge in [-0.25, -0.2) is 0 Å². The van der Waals surface area contributed by atoms with E-state index in [9.17, 15) is 5.11 Å². The van der Waals surface area contributed by atoms with Crippen molar-refractivity contribution in [3.05, 3.63) is 35.8 Å². The van der Waals surface area contributed by atoms with Gasteiger partial charge in [0.15, 0.2) is 13.6 Å². The molecular formula is C21H30O4. The van der Waals surface area contributed by atoms with Crippen LogP contribution < -0.4 is 0 Å². The lowest BCUT2D eigenvalue weighted by atomic mass is 9.47. The minimum atomic E-state index is -0.259. The van der Waals surface area contributed by atoms with Crippen LogP contribution in [-0.4, -0.2) is 23.8 Å². The highest BCUT2D eigenvalue weighted by Crippen LogP contribution is 2.65. The van der Waals surface area contributed by atoms with Crippen molar-refractivity contribution in [1.82, 2.24) is 0 Å². The number of rotatable bonds is 4. The Morgan fingerprint density at radius 2 is 1.88 bits per heavy atom. The van der Waals surface area contributed by atoms with Crippen LogP contribution in [0.4, 0.5) is 0 Å². The van der Waals surface area contributed by atoms with Crippen molar-refractivity contribution in [2.24, 2.45) is 34.5 Å². The maximum Gasteiger partial charge on any atom is 0.186 e. The topological polar surface area (TPSA) is 58.9 Å². The summed E-state index contributed by atoms with van der Waals surface area (Å²) in [7, 11) is 0. The van der Waals surface area contributed by atoms with Gasteiger partial charge < -0.3 is 19.7 Å². The second-order valence-corrected chi connectivity index (χ2v) is 8.64. The smallest absolute Gasteiger partial charge is 0.186 e. The highest BCUT2D eigenvalue weighted by Gasteiger charge is 2.58. The number of aliphatic hydroxyl groups is 2. The Kier molecular flexibility index (Phi) is 4.24. The van der Waals surface area contributed by atoms with Crippen LogP contribution in [0.5, 0.6) is 0 Å². The normalized spacial score (nSPS) is 45.0. The molecule has 4 heteroatoms. The molecule has 0 radical (unpaired) electrons. The first kappa shape index (κ1) is 17.2. The molecule has 0 amide bonds. The predicted molar refractivity (Wildman–Crippen MR) is 94.9 cm³/mol. The SMILES string of the molecule is C[C@]12C=CC(OCO)=C[C@H]1CC[C@@H]1[C@@H]2CC[C@]2(C)C(OCO)=CC[C@@H]12. The van der Waals surface area contributed by atoms with Gasteiger partial charge >= 0.3 is 0 Å². The Bertz CT molecular complexity index is 621. The van der Waals surface area contributed by atoms with E-state index in [0.29, 0.717) is 23.7 Å². The van der Waals surface area contributed by atoms with E-state index in [2.05, 4.69) is 38.2 Å². The van der Waals surface area contributed by atoms with Gasteiger partial charge in [-0.15, -0.1) is 0 Å². The Labute approximate surface area is 150 Å². The molecule has 4 rings (SSSR count). The number of ether oxygens (including phenoxy) is 2. The average Bonchev–Trinajstić information content (AvgIpc) is 2.93. The van der Waals surface area contributed by atoms with Crippen LogP contribution >= 0.6 is 0 Å². The van der Waals surface area contributed by atoms with E-state index in [-0.39, 0.29) is 24.4 Å². The van der Waals surface area contributed by atoms with Gasteiger partial charge in [-0.1, -0.05) is 19.9 Å². The van der Waals surface area contributed by atoms with Crippen LogP contribution in [0, 0.1) is 34.5 Å². The summed E-state index contributed by atoms with van der Waals surface area (Å²) in [6, 6.07) is 0. The summed E-state index contributed by atoms with van der Waals surface area (Å²) < 4.78 is 10.9. The largest absolute Gasteiger partial charge is 0.472 e. The predicted octanol–water partition coefficient (Wildman–Crippen LogP) is 3.73. The molecule has 0 saturated heterocycles. The first-order chi connectivity index (χ1) is 12.0. The summed E-state index contributed by atoms with van der Waals surface area (Å²) in [4.78, 5) is 0. The van der Waals surface area contributed by atoms with Gasteiger partial charge in [-0.05, 0) is 79.4 Å². The van der Waals surface area contributed by atoms with E-state index in [4.69, 9.17) is 14.6 Å². The van der Waals surface area contributed by atoms with E-state index in [1.807, 2.05) is 0 Å². The first-order valence-electron chi connectivity index (χ1n) is 9.62. The highest BCUT2D eigenvalue weighted by atomic mass is 16.6. The molecule has 0 aliphatic heterocycles.